The predicted molar refractivity (Wildman–Crippen MR) is 111 cm³/mol. The van der Waals surface area contributed by atoms with Crippen molar-refractivity contribution in [3.05, 3.63) is 0 Å². The quantitative estimate of drug-likeness (QED) is 0.588. The lowest BCUT2D eigenvalue weighted by molar-refractivity contribution is 0.870. The van der Waals surface area contributed by atoms with Crippen molar-refractivity contribution in [3.63, 3.8) is 0 Å². The van der Waals surface area contributed by atoms with Crippen LogP contribution in [0.4, 0.5) is 0 Å². The van der Waals surface area contributed by atoms with Crippen LogP contribution < -0.4 is 0 Å². The molecule has 0 aliphatic carbocycles. The van der Waals surface area contributed by atoms with Crippen LogP contribution in [0.3, 0.4) is 0 Å². The maximum Gasteiger partial charge on any atom is 0.0439 e. The fraction of sp³-hybridized carbons (Fsp3) is 1.00. The summed E-state index contributed by atoms with van der Waals surface area (Å²) in [5, 5.41) is 0. The molecule has 0 N–H and O–H groups in total. The molecule has 1 saturated heterocycles. The number of hydrogen-bond donors (Lipinski definition) is 0. The predicted octanol–water partition coefficient (Wildman–Crippen LogP) is 5.13. The van der Waals surface area contributed by atoms with Gasteiger partial charge in [-0.1, -0.05) is 84.9 Å². The van der Waals surface area contributed by atoms with Gasteiger partial charge in [-0.15, -0.1) is 0 Å². The summed E-state index contributed by atoms with van der Waals surface area (Å²) in [7, 11) is -1.74. The molecule has 1 aliphatic rings. The fourth-order valence-electron chi connectivity index (χ4n) is 5.38. The molecule has 1 rings (SSSR count). The third kappa shape index (κ3) is 1.84. The second kappa shape index (κ2) is 4.90. The molecular formula is C14H37Si6. The van der Waals surface area contributed by atoms with Crippen molar-refractivity contribution in [2.45, 2.75) is 89.5 Å². The molecule has 0 aromatic rings. The smallest absolute Gasteiger partial charge is 0.0439 e. The Hall–Kier alpha value is 1.30. The van der Waals surface area contributed by atoms with Gasteiger partial charge in [0.25, 0.3) is 0 Å². The molecule has 0 amide bonds. The molecular weight excluding hydrogens is 337 g/mol. The second-order valence-electron chi connectivity index (χ2n) is 9.96. The van der Waals surface area contributed by atoms with E-state index in [2.05, 4.69) is 83.0 Å². The fourth-order valence-corrected chi connectivity index (χ4v) is 146. The van der Waals surface area contributed by atoms with E-state index in [1.807, 2.05) is 0 Å². The van der Waals surface area contributed by atoms with Crippen LogP contribution >= 0.6 is 0 Å². The van der Waals surface area contributed by atoms with Crippen LogP contribution in [-0.2, 0) is 0 Å². The van der Waals surface area contributed by atoms with Gasteiger partial charge in [0, 0.05) is 46.8 Å². The molecule has 0 aromatic carbocycles. The first-order valence-electron chi connectivity index (χ1n) is 8.21. The highest BCUT2D eigenvalue weighted by Gasteiger charge is 2.76. The van der Waals surface area contributed by atoms with Crippen molar-refractivity contribution in [1.82, 2.24) is 0 Å². The molecule has 1 aliphatic heterocycles. The largest absolute Gasteiger partial charge is 0.0735 e. The molecule has 0 aromatic heterocycles. The summed E-state index contributed by atoms with van der Waals surface area (Å²) < 4.78 is 0.709. The Morgan fingerprint density at radius 2 is 1.10 bits per heavy atom. The van der Waals surface area contributed by atoms with E-state index in [-0.39, 0.29) is 0 Å². The third-order valence-electron chi connectivity index (χ3n) is 9.63. The van der Waals surface area contributed by atoms with E-state index >= 15 is 0 Å². The van der Waals surface area contributed by atoms with Gasteiger partial charge in [-0.3, -0.25) is 0 Å². The van der Waals surface area contributed by atoms with Crippen molar-refractivity contribution in [2.24, 2.45) is 0 Å². The average Bonchev–Trinajstić information content (AvgIpc) is 2.26. The highest BCUT2D eigenvalue weighted by molar-refractivity contribution is 7.96. The maximum atomic E-state index is 3.88. The third-order valence-corrected chi connectivity index (χ3v) is 113. The van der Waals surface area contributed by atoms with Gasteiger partial charge < -0.3 is 0 Å². The molecule has 20 heavy (non-hydrogen) atoms. The zero-order chi connectivity index (χ0) is 16.4. The van der Waals surface area contributed by atoms with Crippen LogP contribution in [0, 0.1) is 0 Å². The molecule has 0 saturated carbocycles. The minimum absolute atomic E-state index is 0.709. The van der Waals surface area contributed by atoms with Crippen molar-refractivity contribution >= 4 is 46.8 Å². The second-order valence-corrected chi connectivity index (χ2v) is 63.7. The molecule has 1 fully saturated rings. The van der Waals surface area contributed by atoms with E-state index in [9.17, 15) is 0 Å². The summed E-state index contributed by atoms with van der Waals surface area (Å²) in [6.07, 6.45) is 0. The first kappa shape index (κ1) is 19.3. The lowest BCUT2D eigenvalue weighted by atomic mass is 10.5. The Morgan fingerprint density at radius 1 is 0.700 bits per heavy atom. The SMILES string of the molecule is CC1(C)[Si](C)(C)[Si](C)(C)[Si](C)(C)[Si](C)(C)[Si]1(C)CC[Si]. The zero-order valence-corrected chi connectivity index (χ0v) is 21.9. The summed E-state index contributed by atoms with van der Waals surface area (Å²) in [4.78, 5) is 0. The van der Waals surface area contributed by atoms with E-state index in [1.165, 1.54) is 12.1 Å². The molecule has 0 spiro atoms. The van der Waals surface area contributed by atoms with Crippen LogP contribution in [-0.4, -0.2) is 46.8 Å². The van der Waals surface area contributed by atoms with Gasteiger partial charge in [0.1, 0.15) is 0 Å². The van der Waals surface area contributed by atoms with Gasteiger partial charge in [-0.25, -0.2) is 0 Å². The first-order valence-corrected chi connectivity index (χ1v) is 27.6. The minimum atomic E-state index is -1.20. The van der Waals surface area contributed by atoms with Gasteiger partial charge in [0.2, 0.25) is 0 Å². The van der Waals surface area contributed by atoms with Crippen LogP contribution in [0.25, 0.3) is 0 Å². The van der Waals surface area contributed by atoms with Crippen LogP contribution in [0.2, 0.25) is 75.7 Å². The molecule has 6 heteroatoms. The topological polar surface area (TPSA) is 0 Å². The molecule has 3 radical (unpaired) electrons. The lowest BCUT2D eigenvalue weighted by Crippen LogP contribution is -2.94. The number of hydrogen-bond acceptors (Lipinski definition) is 0. The van der Waals surface area contributed by atoms with Crippen molar-refractivity contribution < 1.29 is 0 Å². The lowest BCUT2D eigenvalue weighted by Gasteiger charge is -2.74. The van der Waals surface area contributed by atoms with Gasteiger partial charge in [0.15, 0.2) is 0 Å². The van der Waals surface area contributed by atoms with Crippen LogP contribution in [0.5, 0.6) is 0 Å². The van der Waals surface area contributed by atoms with Gasteiger partial charge in [-0.2, -0.15) is 0 Å². The normalized spacial score (nSPS) is 36.6. The van der Waals surface area contributed by atoms with Crippen molar-refractivity contribution in [3.8, 4) is 0 Å². The van der Waals surface area contributed by atoms with Gasteiger partial charge in [0.05, 0.1) is 0 Å². The van der Waals surface area contributed by atoms with E-state index in [4.69, 9.17) is 0 Å². The van der Waals surface area contributed by atoms with E-state index in [1.54, 1.807) is 0 Å². The number of rotatable bonds is 2. The average molecular weight is 374 g/mol. The summed E-state index contributed by atoms with van der Waals surface area (Å²) in [5.41, 5.74) is 0. The van der Waals surface area contributed by atoms with E-state index in [0.29, 0.717) is 4.66 Å². The van der Waals surface area contributed by atoms with Crippen LogP contribution in [0.1, 0.15) is 13.8 Å². The summed E-state index contributed by atoms with van der Waals surface area (Å²) in [6.45, 7) is 30.8. The summed E-state index contributed by atoms with van der Waals surface area (Å²) >= 11 is 0. The summed E-state index contributed by atoms with van der Waals surface area (Å²) in [6, 6.07) is 2.76. The molecule has 0 nitrogen and oxygen atoms in total. The Kier molecular flexibility index (Phi) is 4.74. The molecule has 0 bridgehead atoms. The standard InChI is InChI=1S/C14H37Si6/c1-14(2)16(3,4)17(5,6)18(7,8)19(9,10)20(14,11)13-12-15/h12-13H2,1-11H3. The monoisotopic (exact) mass is 373 g/mol. The molecule has 1 unspecified atom stereocenters. The van der Waals surface area contributed by atoms with Gasteiger partial charge >= 0.3 is 0 Å². The van der Waals surface area contributed by atoms with Crippen LogP contribution in [0.15, 0.2) is 0 Å². The molecule has 1 atom stereocenters. The minimum Gasteiger partial charge on any atom is -0.0735 e. The maximum absolute atomic E-state index is 3.88. The van der Waals surface area contributed by atoms with Crippen molar-refractivity contribution in [2.75, 3.05) is 0 Å². The Labute approximate surface area is 136 Å². The first-order chi connectivity index (χ1) is 8.56. The van der Waals surface area contributed by atoms with E-state index < -0.39 is 36.5 Å². The molecule has 117 valence electrons. The Bertz CT molecular complexity index is 364. The highest BCUT2D eigenvalue weighted by atomic mass is 30.0. The molecule has 1 heterocycles. The van der Waals surface area contributed by atoms with Gasteiger partial charge in [-0.05, 0) is 4.66 Å². The Balaban J connectivity index is 3.73. The zero-order valence-electron chi connectivity index (χ0n) is 15.9. The van der Waals surface area contributed by atoms with Crippen molar-refractivity contribution in [1.29, 1.82) is 0 Å². The Morgan fingerprint density at radius 3 is 1.45 bits per heavy atom. The summed E-state index contributed by atoms with van der Waals surface area (Å²) in [5.74, 6) is 0. The van der Waals surface area contributed by atoms with E-state index in [0.717, 1.165) is 0 Å². The highest BCUT2D eigenvalue weighted by Crippen LogP contribution is 2.62.